The first-order valence-electron chi connectivity index (χ1n) is 3.13. The molecule has 11 heavy (non-hydrogen) atoms. The highest BCUT2D eigenvalue weighted by Crippen LogP contribution is 2.06. The molecular formula is C8H8N2O. The molecule has 0 radical (unpaired) electrons. The molecule has 1 aromatic heterocycles. The van der Waals surface area contributed by atoms with E-state index in [-0.39, 0.29) is 5.48 Å². The molecular weight excluding hydrogens is 140 g/mol. The van der Waals surface area contributed by atoms with Gasteiger partial charge in [0.1, 0.15) is 0 Å². The van der Waals surface area contributed by atoms with Gasteiger partial charge < -0.3 is 5.48 Å². The number of rotatable bonds is 0. The van der Waals surface area contributed by atoms with E-state index in [4.69, 9.17) is 0 Å². The second kappa shape index (κ2) is 3.07. The van der Waals surface area contributed by atoms with Gasteiger partial charge in [0, 0.05) is 5.39 Å². The average Bonchev–Trinajstić information content (AvgIpc) is 2.05. The summed E-state index contributed by atoms with van der Waals surface area (Å²) >= 11 is 0. The minimum absolute atomic E-state index is 0. The summed E-state index contributed by atoms with van der Waals surface area (Å²) in [5, 5.41) is 8.83. The lowest BCUT2D eigenvalue weighted by Gasteiger charge is -1.90. The first-order chi connectivity index (χ1) is 4.97. The molecule has 0 aliphatic heterocycles. The molecule has 0 aliphatic carbocycles. The predicted molar refractivity (Wildman–Crippen MR) is 43.2 cm³/mol. The van der Waals surface area contributed by atoms with E-state index in [9.17, 15) is 0 Å². The van der Waals surface area contributed by atoms with Crippen LogP contribution in [0.15, 0.2) is 36.5 Å². The van der Waals surface area contributed by atoms with Crippen molar-refractivity contribution in [3.05, 3.63) is 36.5 Å². The Kier molecular flexibility index (Phi) is 2.13. The molecule has 0 bridgehead atoms. The van der Waals surface area contributed by atoms with Crippen LogP contribution in [0, 0.1) is 0 Å². The Morgan fingerprint density at radius 1 is 1.00 bits per heavy atom. The molecule has 0 fully saturated rings. The van der Waals surface area contributed by atoms with E-state index >= 15 is 0 Å². The lowest BCUT2D eigenvalue weighted by Crippen LogP contribution is -1.79. The fraction of sp³-hybridized carbons (Fsp3) is 0. The quantitative estimate of drug-likeness (QED) is 0.555. The van der Waals surface area contributed by atoms with Gasteiger partial charge in [0.05, 0.1) is 11.7 Å². The van der Waals surface area contributed by atoms with E-state index in [1.165, 1.54) is 0 Å². The Morgan fingerprint density at radius 2 is 1.82 bits per heavy atom. The van der Waals surface area contributed by atoms with Gasteiger partial charge in [0.2, 0.25) is 0 Å². The van der Waals surface area contributed by atoms with Crippen LogP contribution >= 0.6 is 0 Å². The van der Waals surface area contributed by atoms with Crippen molar-refractivity contribution in [1.82, 2.24) is 10.2 Å². The van der Waals surface area contributed by atoms with Gasteiger partial charge in [0.25, 0.3) is 0 Å². The van der Waals surface area contributed by atoms with Crippen LogP contribution in [0.2, 0.25) is 0 Å². The Hall–Kier alpha value is -1.48. The number of nitrogens with zero attached hydrogens (tertiary/aromatic N) is 2. The van der Waals surface area contributed by atoms with Crippen molar-refractivity contribution in [2.24, 2.45) is 0 Å². The first kappa shape index (κ1) is 7.63. The van der Waals surface area contributed by atoms with E-state index in [0.29, 0.717) is 0 Å². The minimum Gasteiger partial charge on any atom is -0.412 e. The SMILES string of the molecule is O.c1ccc2nnccc2c1. The molecule has 2 rings (SSSR count). The number of hydrogen-bond donors (Lipinski definition) is 0. The standard InChI is InChI=1S/C8H6N2.H2O/c1-2-4-8-7(3-1)5-6-9-10-8;/h1-6H;1H2. The molecule has 2 aromatic rings. The van der Waals surface area contributed by atoms with E-state index in [1.807, 2.05) is 30.3 Å². The third-order valence-electron chi connectivity index (χ3n) is 1.42. The van der Waals surface area contributed by atoms with Crippen LogP contribution in [-0.4, -0.2) is 15.7 Å². The van der Waals surface area contributed by atoms with E-state index < -0.39 is 0 Å². The summed E-state index contributed by atoms with van der Waals surface area (Å²) in [6.07, 6.45) is 1.70. The Balaban J connectivity index is 0.000000605. The maximum absolute atomic E-state index is 3.93. The van der Waals surface area contributed by atoms with Crippen molar-refractivity contribution >= 4 is 10.9 Å². The molecule has 0 amide bonds. The zero-order valence-electron chi connectivity index (χ0n) is 5.86. The van der Waals surface area contributed by atoms with Crippen LogP contribution in [0.5, 0.6) is 0 Å². The maximum atomic E-state index is 3.93. The second-order valence-corrected chi connectivity index (χ2v) is 2.09. The van der Waals surface area contributed by atoms with Gasteiger partial charge in [-0.3, -0.25) is 0 Å². The Morgan fingerprint density at radius 3 is 2.64 bits per heavy atom. The van der Waals surface area contributed by atoms with Crippen molar-refractivity contribution in [3.8, 4) is 0 Å². The highest BCUT2D eigenvalue weighted by atomic mass is 16.0. The van der Waals surface area contributed by atoms with Crippen molar-refractivity contribution in [2.75, 3.05) is 0 Å². The zero-order chi connectivity index (χ0) is 6.81. The van der Waals surface area contributed by atoms with Crippen LogP contribution in [-0.2, 0) is 0 Å². The van der Waals surface area contributed by atoms with Gasteiger partial charge >= 0.3 is 0 Å². The van der Waals surface area contributed by atoms with Crippen LogP contribution in [0.25, 0.3) is 10.9 Å². The number of fused-ring (bicyclic) bond motifs is 1. The molecule has 3 nitrogen and oxygen atoms in total. The minimum atomic E-state index is 0. The molecule has 1 heterocycles. The molecule has 3 heteroatoms. The first-order valence-corrected chi connectivity index (χ1v) is 3.13. The molecule has 0 saturated carbocycles. The highest BCUT2D eigenvalue weighted by Gasteiger charge is 1.87. The molecule has 1 aromatic carbocycles. The van der Waals surface area contributed by atoms with Crippen LogP contribution < -0.4 is 0 Å². The van der Waals surface area contributed by atoms with Crippen molar-refractivity contribution in [3.63, 3.8) is 0 Å². The third-order valence-corrected chi connectivity index (χ3v) is 1.42. The fourth-order valence-corrected chi connectivity index (χ4v) is 0.929. The molecule has 0 aliphatic rings. The smallest absolute Gasteiger partial charge is 0.0929 e. The van der Waals surface area contributed by atoms with Gasteiger partial charge in [-0.1, -0.05) is 18.2 Å². The van der Waals surface area contributed by atoms with Gasteiger partial charge in [-0.15, -0.1) is 0 Å². The predicted octanol–water partition coefficient (Wildman–Crippen LogP) is 0.805. The molecule has 0 saturated heterocycles. The summed E-state index contributed by atoms with van der Waals surface area (Å²) in [4.78, 5) is 0. The number of hydrogen-bond acceptors (Lipinski definition) is 2. The Labute approximate surface area is 64.0 Å². The number of aromatic nitrogens is 2. The topological polar surface area (TPSA) is 57.3 Å². The summed E-state index contributed by atoms with van der Waals surface area (Å²) < 4.78 is 0. The molecule has 0 atom stereocenters. The fourth-order valence-electron chi connectivity index (χ4n) is 0.929. The van der Waals surface area contributed by atoms with E-state index in [2.05, 4.69) is 10.2 Å². The molecule has 56 valence electrons. The Bertz CT molecular complexity index is 283. The van der Waals surface area contributed by atoms with Crippen LogP contribution in [0.1, 0.15) is 0 Å². The van der Waals surface area contributed by atoms with Crippen molar-refractivity contribution < 1.29 is 5.48 Å². The lowest BCUT2D eigenvalue weighted by molar-refractivity contribution is 0.824. The summed E-state index contributed by atoms with van der Waals surface area (Å²) in [7, 11) is 0. The summed E-state index contributed by atoms with van der Waals surface area (Å²) in [6, 6.07) is 9.86. The van der Waals surface area contributed by atoms with Gasteiger partial charge in [0.15, 0.2) is 0 Å². The molecule has 2 N–H and O–H groups in total. The van der Waals surface area contributed by atoms with Crippen LogP contribution in [0.4, 0.5) is 0 Å². The monoisotopic (exact) mass is 148 g/mol. The zero-order valence-corrected chi connectivity index (χ0v) is 5.86. The van der Waals surface area contributed by atoms with E-state index in [1.54, 1.807) is 6.20 Å². The summed E-state index contributed by atoms with van der Waals surface area (Å²) in [5.41, 5.74) is 0.949. The average molecular weight is 148 g/mol. The lowest BCUT2D eigenvalue weighted by atomic mass is 10.2. The maximum Gasteiger partial charge on any atom is 0.0929 e. The molecule has 0 unspecified atom stereocenters. The van der Waals surface area contributed by atoms with Gasteiger partial charge in [-0.2, -0.15) is 10.2 Å². The molecule has 0 spiro atoms. The van der Waals surface area contributed by atoms with Crippen molar-refractivity contribution in [2.45, 2.75) is 0 Å². The summed E-state index contributed by atoms with van der Waals surface area (Å²) in [5.74, 6) is 0. The van der Waals surface area contributed by atoms with Gasteiger partial charge in [-0.25, -0.2) is 0 Å². The third kappa shape index (κ3) is 1.33. The number of benzene rings is 1. The normalized spacial score (nSPS) is 9.09. The summed E-state index contributed by atoms with van der Waals surface area (Å²) in [6.45, 7) is 0. The van der Waals surface area contributed by atoms with Crippen molar-refractivity contribution in [1.29, 1.82) is 0 Å². The largest absolute Gasteiger partial charge is 0.412 e. The second-order valence-electron chi connectivity index (χ2n) is 2.09. The van der Waals surface area contributed by atoms with Crippen LogP contribution in [0.3, 0.4) is 0 Å². The van der Waals surface area contributed by atoms with E-state index in [0.717, 1.165) is 10.9 Å². The highest BCUT2D eigenvalue weighted by molar-refractivity contribution is 5.77. The van der Waals surface area contributed by atoms with Gasteiger partial charge in [-0.05, 0) is 12.1 Å².